The third-order valence-corrected chi connectivity index (χ3v) is 4.20. The lowest BCUT2D eigenvalue weighted by Gasteiger charge is -2.26. The molecule has 0 amide bonds. The van der Waals surface area contributed by atoms with Gasteiger partial charge in [0.1, 0.15) is 0 Å². The molecule has 2 aromatic rings. The zero-order chi connectivity index (χ0) is 12.5. The minimum atomic E-state index is 0.759. The zero-order valence-electron chi connectivity index (χ0n) is 11.4. The van der Waals surface area contributed by atoms with Crippen molar-refractivity contribution in [3.8, 4) is 0 Å². The van der Waals surface area contributed by atoms with Gasteiger partial charge < -0.3 is 9.88 Å². The molecule has 3 rings (SSSR count). The maximum Gasteiger partial charge on any atom is 0.0512 e. The number of rotatable bonds is 4. The summed E-state index contributed by atoms with van der Waals surface area (Å²) in [6.07, 6.45) is 4.10. The van der Waals surface area contributed by atoms with Crippen molar-refractivity contribution in [3.05, 3.63) is 35.5 Å². The van der Waals surface area contributed by atoms with E-state index in [1.807, 2.05) is 0 Å². The number of fused-ring (bicyclic) bond motifs is 1. The fourth-order valence-corrected chi connectivity index (χ4v) is 2.94. The van der Waals surface area contributed by atoms with E-state index in [0.717, 1.165) is 19.1 Å². The predicted molar refractivity (Wildman–Crippen MR) is 76.8 cm³/mol. The Kier molecular flexibility index (Phi) is 3.13. The smallest absolute Gasteiger partial charge is 0.0512 e. The minimum Gasteiger partial charge on any atom is -0.343 e. The molecule has 1 saturated carbocycles. The summed E-state index contributed by atoms with van der Waals surface area (Å²) in [4.78, 5) is 0. The molecule has 96 valence electrons. The van der Waals surface area contributed by atoms with E-state index in [0.29, 0.717) is 0 Å². The second-order valence-electron chi connectivity index (χ2n) is 5.40. The van der Waals surface area contributed by atoms with E-state index >= 15 is 0 Å². The third kappa shape index (κ3) is 1.95. The number of benzene rings is 1. The molecule has 1 N–H and O–H groups in total. The highest BCUT2D eigenvalue weighted by atomic mass is 15.0. The highest BCUT2D eigenvalue weighted by Crippen LogP contribution is 2.24. The fourth-order valence-electron chi connectivity index (χ4n) is 2.94. The maximum absolute atomic E-state index is 3.67. The monoisotopic (exact) mass is 242 g/mol. The average molecular weight is 242 g/mol. The summed E-state index contributed by atoms with van der Waals surface area (Å²) >= 11 is 0. The van der Waals surface area contributed by atoms with Crippen molar-refractivity contribution in [1.29, 1.82) is 0 Å². The lowest BCUT2D eigenvalue weighted by molar-refractivity contribution is 0.335. The fraction of sp³-hybridized carbons (Fsp3) is 0.500. The van der Waals surface area contributed by atoms with Gasteiger partial charge in [-0.2, -0.15) is 0 Å². The molecule has 0 atom stereocenters. The zero-order valence-corrected chi connectivity index (χ0v) is 11.4. The van der Waals surface area contributed by atoms with Gasteiger partial charge in [-0.15, -0.1) is 0 Å². The number of nitrogens with zero attached hydrogens (tertiary/aromatic N) is 1. The Balaban J connectivity index is 1.92. The first-order chi connectivity index (χ1) is 8.79. The van der Waals surface area contributed by atoms with Crippen LogP contribution < -0.4 is 5.32 Å². The Labute approximate surface area is 109 Å². The molecule has 0 unspecified atom stereocenters. The van der Waals surface area contributed by atoms with Crippen LogP contribution in [0.2, 0.25) is 0 Å². The second kappa shape index (κ2) is 4.77. The Bertz CT molecular complexity index is 549. The summed E-state index contributed by atoms with van der Waals surface area (Å²) in [6, 6.07) is 9.69. The Hall–Kier alpha value is -1.28. The number of aromatic nitrogens is 1. The van der Waals surface area contributed by atoms with Gasteiger partial charge in [-0.1, -0.05) is 24.6 Å². The van der Waals surface area contributed by atoms with Crippen molar-refractivity contribution >= 4 is 10.9 Å². The van der Waals surface area contributed by atoms with Crippen LogP contribution in [0.4, 0.5) is 0 Å². The third-order valence-electron chi connectivity index (χ3n) is 4.20. The van der Waals surface area contributed by atoms with E-state index in [4.69, 9.17) is 0 Å². The first kappa shape index (κ1) is 11.8. The van der Waals surface area contributed by atoms with Crippen LogP contribution >= 0.6 is 0 Å². The van der Waals surface area contributed by atoms with E-state index < -0.39 is 0 Å². The highest BCUT2D eigenvalue weighted by Gasteiger charge is 2.17. The van der Waals surface area contributed by atoms with Crippen molar-refractivity contribution < 1.29 is 0 Å². The maximum atomic E-state index is 3.67. The Morgan fingerprint density at radius 2 is 2.17 bits per heavy atom. The largest absolute Gasteiger partial charge is 0.343 e. The van der Waals surface area contributed by atoms with Crippen LogP contribution in [0, 0.1) is 6.92 Å². The van der Waals surface area contributed by atoms with Crippen LogP contribution in [0.25, 0.3) is 10.9 Å². The summed E-state index contributed by atoms with van der Waals surface area (Å²) < 4.78 is 2.45. The van der Waals surface area contributed by atoms with E-state index in [2.05, 4.69) is 48.0 Å². The van der Waals surface area contributed by atoms with E-state index in [1.54, 1.807) is 0 Å². The van der Waals surface area contributed by atoms with Crippen molar-refractivity contribution in [2.45, 2.75) is 52.2 Å². The van der Waals surface area contributed by atoms with Crippen LogP contribution in [0.5, 0.6) is 0 Å². The van der Waals surface area contributed by atoms with Gasteiger partial charge in [-0.3, -0.25) is 0 Å². The normalized spacial score (nSPS) is 16.1. The van der Waals surface area contributed by atoms with Crippen LogP contribution in [-0.4, -0.2) is 10.6 Å². The van der Waals surface area contributed by atoms with Crippen LogP contribution in [0.3, 0.4) is 0 Å². The molecule has 1 heterocycles. The van der Waals surface area contributed by atoms with Crippen molar-refractivity contribution in [3.63, 3.8) is 0 Å². The second-order valence-corrected chi connectivity index (χ2v) is 5.40. The molecule has 0 spiro atoms. The van der Waals surface area contributed by atoms with Crippen LogP contribution in [-0.2, 0) is 13.1 Å². The lowest BCUT2D eigenvalue weighted by Crippen LogP contribution is -2.35. The summed E-state index contributed by atoms with van der Waals surface area (Å²) in [7, 11) is 0. The molecule has 0 bridgehead atoms. The van der Waals surface area contributed by atoms with Gasteiger partial charge in [0.2, 0.25) is 0 Å². The van der Waals surface area contributed by atoms with Crippen LogP contribution in [0.1, 0.15) is 37.4 Å². The van der Waals surface area contributed by atoms with Crippen molar-refractivity contribution in [1.82, 2.24) is 9.88 Å². The molecular weight excluding hydrogens is 220 g/mol. The minimum absolute atomic E-state index is 0.759. The van der Waals surface area contributed by atoms with Gasteiger partial charge in [0.25, 0.3) is 0 Å². The summed E-state index contributed by atoms with van der Waals surface area (Å²) in [5, 5.41) is 5.05. The van der Waals surface area contributed by atoms with Gasteiger partial charge >= 0.3 is 0 Å². The van der Waals surface area contributed by atoms with E-state index in [9.17, 15) is 0 Å². The molecular formula is C16H22N2. The quantitative estimate of drug-likeness (QED) is 0.866. The SMILES string of the molecule is CCn1c(CNC2CCC2)cc2cccc(C)c21. The number of aryl methyl sites for hydroxylation is 2. The van der Waals surface area contributed by atoms with Gasteiger partial charge in [0.05, 0.1) is 5.52 Å². The van der Waals surface area contributed by atoms with Gasteiger partial charge in [-0.05, 0) is 38.3 Å². The number of nitrogens with one attached hydrogen (secondary N) is 1. The topological polar surface area (TPSA) is 17.0 Å². The summed E-state index contributed by atoms with van der Waals surface area (Å²) in [6.45, 7) is 6.50. The Morgan fingerprint density at radius 1 is 1.33 bits per heavy atom. The van der Waals surface area contributed by atoms with E-state index in [1.165, 1.54) is 41.4 Å². The summed E-state index contributed by atoms with van der Waals surface area (Å²) in [5.74, 6) is 0. The van der Waals surface area contributed by atoms with Gasteiger partial charge in [0, 0.05) is 30.2 Å². The molecule has 0 aliphatic heterocycles. The predicted octanol–water partition coefficient (Wildman–Crippen LogP) is 3.61. The van der Waals surface area contributed by atoms with E-state index in [-0.39, 0.29) is 0 Å². The molecule has 1 aromatic heterocycles. The molecule has 0 radical (unpaired) electrons. The number of hydrogen-bond donors (Lipinski definition) is 1. The lowest BCUT2D eigenvalue weighted by atomic mass is 9.93. The molecule has 18 heavy (non-hydrogen) atoms. The standard InChI is InChI=1S/C16H22N2/c1-3-18-15(11-17-14-8-5-9-14)10-13-7-4-6-12(2)16(13)18/h4,6-7,10,14,17H,3,5,8-9,11H2,1-2H3. The molecule has 1 aliphatic carbocycles. The Morgan fingerprint density at radius 3 is 2.83 bits per heavy atom. The average Bonchev–Trinajstić information content (AvgIpc) is 2.66. The van der Waals surface area contributed by atoms with Gasteiger partial charge in [0.15, 0.2) is 0 Å². The molecule has 1 fully saturated rings. The van der Waals surface area contributed by atoms with Gasteiger partial charge in [-0.25, -0.2) is 0 Å². The number of para-hydroxylation sites is 1. The van der Waals surface area contributed by atoms with Crippen molar-refractivity contribution in [2.24, 2.45) is 0 Å². The highest BCUT2D eigenvalue weighted by molar-refractivity contribution is 5.84. The molecule has 2 nitrogen and oxygen atoms in total. The van der Waals surface area contributed by atoms with Crippen molar-refractivity contribution in [2.75, 3.05) is 0 Å². The first-order valence-corrected chi connectivity index (χ1v) is 7.10. The summed E-state index contributed by atoms with van der Waals surface area (Å²) in [5.41, 5.74) is 4.21. The molecule has 1 aliphatic rings. The molecule has 2 heteroatoms. The molecule has 1 aromatic carbocycles. The molecule has 0 saturated heterocycles. The number of hydrogen-bond acceptors (Lipinski definition) is 1. The first-order valence-electron chi connectivity index (χ1n) is 7.10. The van der Waals surface area contributed by atoms with Crippen LogP contribution in [0.15, 0.2) is 24.3 Å².